The molecule has 0 radical (unpaired) electrons. The van der Waals surface area contributed by atoms with Crippen LogP contribution in [-0.4, -0.2) is 5.97 Å². The Labute approximate surface area is 102 Å². The molecule has 0 bridgehead atoms. The van der Waals surface area contributed by atoms with Gasteiger partial charge in [0.25, 0.3) is 0 Å². The van der Waals surface area contributed by atoms with Crippen molar-refractivity contribution in [2.24, 2.45) is 0 Å². The number of hydrogen-bond acceptors (Lipinski definition) is 2. The van der Waals surface area contributed by atoms with Gasteiger partial charge in [-0.3, -0.25) is 4.79 Å². The summed E-state index contributed by atoms with van der Waals surface area (Å²) < 4.78 is 4.89. The van der Waals surface area contributed by atoms with E-state index in [0.717, 1.165) is 12.0 Å². The average Bonchev–Trinajstić information content (AvgIpc) is 2.75. The summed E-state index contributed by atoms with van der Waals surface area (Å²) in [5.41, 5.74) is 5.45. The molecule has 0 atom stereocenters. The van der Waals surface area contributed by atoms with E-state index >= 15 is 0 Å². The Morgan fingerprint density at radius 1 is 1.35 bits per heavy atom. The molecule has 1 aliphatic carbocycles. The molecule has 2 nitrogen and oxygen atoms in total. The van der Waals surface area contributed by atoms with Gasteiger partial charge < -0.3 is 4.74 Å². The number of carbonyl (C=O) groups excluding carboxylic acids is 1. The van der Waals surface area contributed by atoms with Gasteiger partial charge in [-0.15, -0.1) is 0 Å². The smallest absolute Gasteiger partial charge is 0.307 e. The Morgan fingerprint density at radius 2 is 2.18 bits per heavy atom. The minimum Gasteiger partial charge on any atom is -0.435 e. The maximum atomic E-state index is 10.7. The number of ether oxygens (including phenoxy) is 1. The van der Waals surface area contributed by atoms with Gasteiger partial charge in [-0.05, 0) is 54.9 Å². The Bertz CT molecular complexity index is 458. The normalized spacial score (nSPS) is 14.6. The summed E-state index contributed by atoms with van der Waals surface area (Å²) >= 11 is 0. The van der Waals surface area contributed by atoms with E-state index in [1.54, 1.807) is 6.26 Å². The second-order valence-electron chi connectivity index (χ2n) is 4.66. The number of fused-ring (bicyclic) bond motifs is 1. The van der Waals surface area contributed by atoms with E-state index in [2.05, 4.69) is 18.2 Å². The van der Waals surface area contributed by atoms with Crippen LogP contribution in [0.4, 0.5) is 0 Å². The number of aryl methyl sites for hydroxylation is 1. The molecule has 0 N–H and O–H groups in total. The maximum Gasteiger partial charge on any atom is 0.307 e. The predicted octanol–water partition coefficient (Wildman–Crippen LogP) is 3.18. The van der Waals surface area contributed by atoms with Crippen LogP contribution in [0.2, 0.25) is 0 Å². The Kier molecular flexibility index (Phi) is 3.62. The molecule has 0 saturated carbocycles. The van der Waals surface area contributed by atoms with Gasteiger partial charge in [-0.1, -0.05) is 18.2 Å². The van der Waals surface area contributed by atoms with Crippen LogP contribution in [0, 0.1) is 0 Å². The van der Waals surface area contributed by atoms with Gasteiger partial charge >= 0.3 is 5.97 Å². The molecule has 1 aromatic rings. The van der Waals surface area contributed by atoms with Crippen molar-refractivity contribution in [2.45, 2.75) is 39.5 Å². The molecule has 0 spiro atoms. The number of benzene rings is 1. The summed E-state index contributed by atoms with van der Waals surface area (Å²) in [6, 6.07) is 6.52. The highest BCUT2D eigenvalue weighted by Crippen LogP contribution is 2.26. The second kappa shape index (κ2) is 5.17. The largest absolute Gasteiger partial charge is 0.435 e. The third-order valence-electron chi connectivity index (χ3n) is 3.14. The first-order chi connectivity index (χ1) is 8.16. The highest BCUT2D eigenvalue weighted by molar-refractivity contribution is 5.66. The first kappa shape index (κ1) is 11.9. The van der Waals surface area contributed by atoms with E-state index in [0.29, 0.717) is 0 Å². The average molecular weight is 230 g/mol. The molecule has 0 fully saturated rings. The molecular weight excluding hydrogens is 212 g/mol. The third-order valence-corrected chi connectivity index (χ3v) is 3.14. The van der Waals surface area contributed by atoms with Gasteiger partial charge in [0.1, 0.15) is 0 Å². The summed E-state index contributed by atoms with van der Waals surface area (Å²) in [6.07, 6.45) is 6.09. The number of esters is 1. The molecule has 1 aliphatic rings. The van der Waals surface area contributed by atoms with E-state index in [-0.39, 0.29) is 5.97 Å². The van der Waals surface area contributed by atoms with Gasteiger partial charge in [-0.25, -0.2) is 0 Å². The van der Waals surface area contributed by atoms with Crippen molar-refractivity contribution < 1.29 is 9.53 Å². The summed E-state index contributed by atoms with van der Waals surface area (Å²) in [5.74, 6) is -0.261. The Balaban J connectivity index is 2.11. The van der Waals surface area contributed by atoms with Crippen LogP contribution < -0.4 is 0 Å². The molecule has 17 heavy (non-hydrogen) atoms. The van der Waals surface area contributed by atoms with E-state index < -0.39 is 0 Å². The lowest BCUT2D eigenvalue weighted by Gasteiger charge is -2.08. The van der Waals surface area contributed by atoms with Crippen molar-refractivity contribution in [3.63, 3.8) is 0 Å². The topological polar surface area (TPSA) is 26.3 Å². The van der Waals surface area contributed by atoms with Crippen molar-refractivity contribution in [2.75, 3.05) is 0 Å². The number of hydrogen-bond donors (Lipinski definition) is 0. The fourth-order valence-electron chi connectivity index (χ4n) is 2.39. The van der Waals surface area contributed by atoms with Crippen LogP contribution >= 0.6 is 0 Å². The maximum absolute atomic E-state index is 10.7. The van der Waals surface area contributed by atoms with Crippen molar-refractivity contribution in [1.82, 2.24) is 0 Å². The van der Waals surface area contributed by atoms with Crippen molar-refractivity contribution in [3.8, 4) is 0 Å². The van der Waals surface area contributed by atoms with Crippen LogP contribution in [0.25, 0.3) is 0 Å². The fraction of sp³-hybridized carbons (Fsp3) is 0.400. The monoisotopic (exact) mass is 230 g/mol. The number of allylic oxidation sites excluding steroid dienone is 1. The highest BCUT2D eigenvalue weighted by atomic mass is 16.5. The lowest BCUT2D eigenvalue weighted by atomic mass is 9.98. The number of carbonyl (C=O) groups is 1. The molecule has 0 aliphatic heterocycles. The molecule has 0 aromatic heterocycles. The van der Waals surface area contributed by atoms with Gasteiger partial charge in [0.05, 0.1) is 6.26 Å². The quantitative estimate of drug-likeness (QED) is 0.589. The summed E-state index contributed by atoms with van der Waals surface area (Å²) in [5, 5.41) is 0. The summed E-state index contributed by atoms with van der Waals surface area (Å²) in [6.45, 7) is 3.42. The molecule has 2 heteroatoms. The molecule has 0 unspecified atom stereocenters. The molecule has 0 heterocycles. The van der Waals surface area contributed by atoms with Crippen molar-refractivity contribution >= 4 is 5.97 Å². The van der Waals surface area contributed by atoms with E-state index in [9.17, 15) is 4.79 Å². The van der Waals surface area contributed by atoms with Gasteiger partial charge in [-0.2, -0.15) is 0 Å². The SMILES string of the molecule is CC(=O)OC=C(C)Cc1cccc2c1CCC2. The Morgan fingerprint density at radius 3 is 2.94 bits per heavy atom. The van der Waals surface area contributed by atoms with Gasteiger partial charge in [0.15, 0.2) is 0 Å². The zero-order valence-corrected chi connectivity index (χ0v) is 10.5. The molecule has 1 aromatic carbocycles. The molecule has 90 valence electrons. The molecule has 0 amide bonds. The second-order valence-corrected chi connectivity index (χ2v) is 4.66. The zero-order chi connectivity index (χ0) is 12.3. The lowest BCUT2D eigenvalue weighted by Crippen LogP contribution is -1.97. The molecule has 2 rings (SSSR count). The molecule has 0 saturated heterocycles. The zero-order valence-electron chi connectivity index (χ0n) is 10.5. The standard InChI is InChI=1S/C15H18O2/c1-11(10-17-12(2)16)9-14-7-3-5-13-6-4-8-15(13)14/h3,5,7,10H,4,6,8-9H2,1-2H3. The van der Waals surface area contributed by atoms with Crippen molar-refractivity contribution in [3.05, 3.63) is 46.7 Å². The lowest BCUT2D eigenvalue weighted by molar-refractivity contribution is -0.135. The minimum absolute atomic E-state index is 0.261. The van der Waals surface area contributed by atoms with Gasteiger partial charge in [0, 0.05) is 6.92 Å². The van der Waals surface area contributed by atoms with Crippen molar-refractivity contribution in [1.29, 1.82) is 0 Å². The van der Waals surface area contributed by atoms with Crippen LogP contribution in [0.3, 0.4) is 0 Å². The third kappa shape index (κ3) is 2.96. The highest BCUT2D eigenvalue weighted by Gasteiger charge is 2.14. The van der Waals surface area contributed by atoms with Crippen LogP contribution in [0.15, 0.2) is 30.0 Å². The first-order valence-electron chi connectivity index (χ1n) is 6.09. The van der Waals surface area contributed by atoms with Crippen LogP contribution in [-0.2, 0) is 28.8 Å². The fourth-order valence-corrected chi connectivity index (χ4v) is 2.39. The van der Waals surface area contributed by atoms with E-state index in [4.69, 9.17) is 4.74 Å². The van der Waals surface area contributed by atoms with E-state index in [1.807, 2.05) is 6.92 Å². The minimum atomic E-state index is -0.261. The van der Waals surface area contributed by atoms with Crippen LogP contribution in [0.1, 0.15) is 37.0 Å². The summed E-state index contributed by atoms with van der Waals surface area (Å²) in [4.78, 5) is 10.7. The number of rotatable bonds is 3. The summed E-state index contributed by atoms with van der Waals surface area (Å²) in [7, 11) is 0. The van der Waals surface area contributed by atoms with Crippen LogP contribution in [0.5, 0.6) is 0 Å². The van der Waals surface area contributed by atoms with Gasteiger partial charge in [0.2, 0.25) is 0 Å². The molecular formula is C15H18O2. The van der Waals surface area contributed by atoms with E-state index in [1.165, 1.54) is 42.9 Å². The predicted molar refractivity (Wildman–Crippen MR) is 67.7 cm³/mol. The first-order valence-corrected chi connectivity index (χ1v) is 6.09. The Hall–Kier alpha value is -1.57.